The Morgan fingerprint density at radius 3 is 2.84 bits per heavy atom. The van der Waals surface area contributed by atoms with Crippen molar-refractivity contribution in [1.82, 2.24) is 14.8 Å². The number of oxazole rings is 1. The van der Waals surface area contributed by atoms with Gasteiger partial charge in [-0.2, -0.15) is 0 Å². The van der Waals surface area contributed by atoms with E-state index in [2.05, 4.69) is 14.8 Å². The lowest BCUT2D eigenvalue weighted by molar-refractivity contribution is -0.130. The molecule has 2 aliphatic rings. The summed E-state index contributed by atoms with van der Waals surface area (Å²) in [6, 6.07) is 4.46. The summed E-state index contributed by atoms with van der Waals surface area (Å²) in [6.45, 7) is 6.36. The standard InChI is InChI=1S/C19H25N3O3/c1-13-15(20-19(25-13)18-8-5-11-24-18)12-21-9-3-6-16(21)17-7-4-10-22(17)14(2)23/h5,8,11,16-17H,3-4,6-7,9-10,12H2,1-2H3. The number of hydrogen-bond donors (Lipinski definition) is 0. The second-order valence-electron chi connectivity index (χ2n) is 7.10. The lowest BCUT2D eigenvalue weighted by atomic mass is 10.0. The average Bonchev–Trinajstić information content (AvgIpc) is 3.35. The molecule has 2 aromatic heterocycles. The molecule has 2 atom stereocenters. The van der Waals surface area contributed by atoms with Crippen LogP contribution in [-0.4, -0.2) is 45.9 Å². The van der Waals surface area contributed by atoms with E-state index in [1.54, 1.807) is 13.2 Å². The average molecular weight is 343 g/mol. The van der Waals surface area contributed by atoms with Gasteiger partial charge in [-0.05, 0) is 51.3 Å². The highest BCUT2D eigenvalue weighted by atomic mass is 16.4. The molecule has 4 rings (SSSR count). The fourth-order valence-electron chi connectivity index (χ4n) is 4.34. The summed E-state index contributed by atoms with van der Waals surface area (Å²) >= 11 is 0. The summed E-state index contributed by atoms with van der Waals surface area (Å²) in [4.78, 5) is 21.1. The maximum Gasteiger partial charge on any atom is 0.263 e. The van der Waals surface area contributed by atoms with Gasteiger partial charge in [0.05, 0.1) is 12.0 Å². The van der Waals surface area contributed by atoms with E-state index in [1.807, 2.05) is 19.1 Å². The van der Waals surface area contributed by atoms with Crippen molar-refractivity contribution in [2.45, 2.75) is 58.2 Å². The van der Waals surface area contributed by atoms with Crippen LogP contribution in [0.3, 0.4) is 0 Å². The van der Waals surface area contributed by atoms with Crippen LogP contribution in [0.4, 0.5) is 0 Å². The van der Waals surface area contributed by atoms with Crippen molar-refractivity contribution in [3.8, 4) is 11.7 Å². The number of nitrogens with zero attached hydrogens (tertiary/aromatic N) is 3. The van der Waals surface area contributed by atoms with Gasteiger partial charge in [0.2, 0.25) is 5.91 Å². The molecule has 0 bridgehead atoms. The maximum absolute atomic E-state index is 11.9. The molecule has 25 heavy (non-hydrogen) atoms. The quantitative estimate of drug-likeness (QED) is 0.853. The van der Waals surface area contributed by atoms with Crippen molar-refractivity contribution in [3.05, 3.63) is 29.9 Å². The van der Waals surface area contributed by atoms with Gasteiger partial charge in [-0.3, -0.25) is 9.69 Å². The third-order valence-corrected chi connectivity index (χ3v) is 5.54. The van der Waals surface area contributed by atoms with Crippen molar-refractivity contribution < 1.29 is 13.6 Å². The number of likely N-dealkylation sites (tertiary alicyclic amines) is 2. The minimum Gasteiger partial charge on any atom is -0.459 e. The third-order valence-electron chi connectivity index (χ3n) is 5.54. The van der Waals surface area contributed by atoms with Crippen molar-refractivity contribution in [3.63, 3.8) is 0 Å². The number of carbonyl (C=O) groups is 1. The molecule has 0 N–H and O–H groups in total. The Bertz CT molecular complexity index is 737. The van der Waals surface area contributed by atoms with Gasteiger partial charge in [-0.25, -0.2) is 4.98 Å². The van der Waals surface area contributed by atoms with E-state index in [0.717, 1.165) is 50.4 Å². The van der Waals surface area contributed by atoms with E-state index in [0.29, 0.717) is 23.7 Å². The first-order valence-electron chi connectivity index (χ1n) is 9.15. The predicted octanol–water partition coefficient (Wildman–Crippen LogP) is 3.22. The zero-order valence-electron chi connectivity index (χ0n) is 14.9. The number of amides is 1. The second-order valence-corrected chi connectivity index (χ2v) is 7.10. The van der Waals surface area contributed by atoms with Gasteiger partial charge in [0.15, 0.2) is 5.76 Å². The first-order chi connectivity index (χ1) is 12.1. The SMILES string of the molecule is CC(=O)N1CCCC1C1CCCN1Cc1nc(-c2ccco2)oc1C. The van der Waals surface area contributed by atoms with Crippen molar-refractivity contribution >= 4 is 5.91 Å². The molecule has 6 heteroatoms. The second kappa shape index (κ2) is 6.67. The zero-order valence-corrected chi connectivity index (χ0v) is 14.9. The first-order valence-corrected chi connectivity index (χ1v) is 9.15. The van der Waals surface area contributed by atoms with Gasteiger partial charge in [-0.15, -0.1) is 0 Å². The molecule has 1 amide bonds. The van der Waals surface area contributed by atoms with E-state index < -0.39 is 0 Å². The van der Waals surface area contributed by atoms with Crippen LogP contribution < -0.4 is 0 Å². The fourth-order valence-corrected chi connectivity index (χ4v) is 4.34. The van der Waals surface area contributed by atoms with E-state index in [-0.39, 0.29) is 5.91 Å². The predicted molar refractivity (Wildman–Crippen MR) is 92.8 cm³/mol. The molecular formula is C19H25N3O3. The van der Waals surface area contributed by atoms with Crippen molar-refractivity contribution in [2.75, 3.05) is 13.1 Å². The fraction of sp³-hybridized carbons (Fsp3) is 0.579. The molecule has 0 radical (unpaired) electrons. The number of carbonyl (C=O) groups excluding carboxylic acids is 1. The molecule has 2 fully saturated rings. The molecule has 2 aromatic rings. The van der Waals surface area contributed by atoms with Gasteiger partial charge in [0.1, 0.15) is 5.76 Å². The van der Waals surface area contributed by atoms with Crippen molar-refractivity contribution in [2.24, 2.45) is 0 Å². The number of aryl methyl sites for hydroxylation is 1. The summed E-state index contributed by atoms with van der Waals surface area (Å²) in [6.07, 6.45) is 6.17. The molecule has 0 saturated carbocycles. The summed E-state index contributed by atoms with van der Waals surface area (Å²) in [5.41, 5.74) is 0.964. The Morgan fingerprint density at radius 2 is 2.08 bits per heavy atom. The molecule has 6 nitrogen and oxygen atoms in total. The maximum atomic E-state index is 11.9. The van der Waals surface area contributed by atoms with Crippen LogP contribution in [0.2, 0.25) is 0 Å². The van der Waals surface area contributed by atoms with E-state index in [4.69, 9.17) is 8.83 Å². The van der Waals surface area contributed by atoms with E-state index >= 15 is 0 Å². The Hall–Kier alpha value is -2.08. The Morgan fingerprint density at radius 1 is 1.28 bits per heavy atom. The molecule has 4 heterocycles. The smallest absolute Gasteiger partial charge is 0.263 e. The largest absolute Gasteiger partial charge is 0.459 e. The van der Waals surface area contributed by atoms with Crippen LogP contribution in [0.25, 0.3) is 11.7 Å². The summed E-state index contributed by atoms with van der Waals surface area (Å²) in [7, 11) is 0. The first kappa shape index (κ1) is 16.4. The van der Waals surface area contributed by atoms with Gasteiger partial charge >= 0.3 is 0 Å². The lowest BCUT2D eigenvalue weighted by Gasteiger charge is -2.34. The third kappa shape index (κ3) is 3.11. The molecule has 134 valence electrons. The highest BCUT2D eigenvalue weighted by Gasteiger charge is 2.39. The topological polar surface area (TPSA) is 62.7 Å². The van der Waals surface area contributed by atoms with Gasteiger partial charge in [0.25, 0.3) is 5.89 Å². The molecule has 0 aliphatic carbocycles. The number of hydrogen-bond acceptors (Lipinski definition) is 5. The molecular weight excluding hydrogens is 318 g/mol. The summed E-state index contributed by atoms with van der Waals surface area (Å²) < 4.78 is 11.2. The molecule has 2 aliphatic heterocycles. The highest BCUT2D eigenvalue weighted by molar-refractivity contribution is 5.74. The minimum atomic E-state index is 0.201. The van der Waals surface area contributed by atoms with Gasteiger partial charge in [0, 0.05) is 32.1 Å². The Kier molecular flexibility index (Phi) is 4.37. The van der Waals surface area contributed by atoms with Crippen LogP contribution in [0.15, 0.2) is 27.2 Å². The summed E-state index contributed by atoms with van der Waals surface area (Å²) in [5.74, 6) is 2.24. The Balaban J connectivity index is 1.51. The van der Waals surface area contributed by atoms with Crippen LogP contribution >= 0.6 is 0 Å². The lowest BCUT2D eigenvalue weighted by Crippen LogP contribution is -2.47. The van der Waals surface area contributed by atoms with Crippen LogP contribution in [0.1, 0.15) is 44.1 Å². The van der Waals surface area contributed by atoms with Gasteiger partial charge in [-0.1, -0.05) is 0 Å². The van der Waals surface area contributed by atoms with E-state index in [1.165, 1.54) is 6.42 Å². The Labute approximate surface area is 147 Å². The minimum absolute atomic E-state index is 0.201. The number of aromatic nitrogens is 1. The summed E-state index contributed by atoms with van der Waals surface area (Å²) in [5, 5.41) is 0. The zero-order chi connectivity index (χ0) is 17.4. The van der Waals surface area contributed by atoms with E-state index in [9.17, 15) is 4.79 Å². The normalized spacial score (nSPS) is 24.3. The molecule has 0 spiro atoms. The van der Waals surface area contributed by atoms with Crippen LogP contribution in [0, 0.1) is 6.92 Å². The monoisotopic (exact) mass is 343 g/mol. The van der Waals surface area contributed by atoms with Crippen LogP contribution in [0.5, 0.6) is 0 Å². The van der Waals surface area contributed by atoms with Gasteiger partial charge < -0.3 is 13.7 Å². The highest BCUT2D eigenvalue weighted by Crippen LogP contribution is 2.32. The molecule has 2 unspecified atom stereocenters. The number of rotatable bonds is 4. The molecule has 2 saturated heterocycles. The van der Waals surface area contributed by atoms with Crippen LogP contribution in [-0.2, 0) is 11.3 Å². The molecule has 0 aromatic carbocycles. The number of furan rings is 1. The van der Waals surface area contributed by atoms with Crippen molar-refractivity contribution in [1.29, 1.82) is 0 Å².